The summed E-state index contributed by atoms with van der Waals surface area (Å²) in [7, 11) is 0. The summed E-state index contributed by atoms with van der Waals surface area (Å²) >= 11 is 1.60. The number of rotatable bonds is 5. The van der Waals surface area contributed by atoms with Crippen molar-refractivity contribution in [3.05, 3.63) is 63.5 Å². The molecule has 1 aliphatic rings. The van der Waals surface area contributed by atoms with Crippen LogP contribution < -0.4 is 5.73 Å². The number of benzene rings is 1. The number of amides is 2. The van der Waals surface area contributed by atoms with Crippen LogP contribution in [-0.4, -0.2) is 34.8 Å². The number of hydrogen-bond donors (Lipinski definition) is 1. The lowest BCUT2D eigenvalue weighted by Crippen LogP contribution is -2.38. The molecule has 0 unspecified atom stereocenters. The maximum atomic E-state index is 12.9. The molecule has 3 heterocycles. The molecule has 1 fully saturated rings. The summed E-state index contributed by atoms with van der Waals surface area (Å²) in [6, 6.07) is 13.6. The van der Waals surface area contributed by atoms with Gasteiger partial charge in [0, 0.05) is 29.3 Å². The van der Waals surface area contributed by atoms with Crippen LogP contribution in [0, 0.1) is 0 Å². The lowest BCUT2D eigenvalue weighted by atomic mass is 9.89. The molecule has 0 bridgehead atoms. The number of likely N-dealkylation sites (tertiary alicyclic amines) is 1. The van der Waals surface area contributed by atoms with Crippen LogP contribution in [-0.2, 0) is 6.42 Å². The Morgan fingerprint density at radius 1 is 1.17 bits per heavy atom. The fraction of sp³-hybridized carbons (Fsp3) is 0.348. The molecule has 0 aliphatic carbocycles. The highest BCUT2D eigenvalue weighted by atomic mass is 32.1. The lowest BCUT2D eigenvalue weighted by molar-refractivity contribution is 0.0716. The van der Waals surface area contributed by atoms with Crippen LogP contribution in [0.15, 0.2) is 42.5 Å². The average molecular weight is 408 g/mol. The summed E-state index contributed by atoms with van der Waals surface area (Å²) in [6.07, 6.45) is 3.67. The van der Waals surface area contributed by atoms with Crippen molar-refractivity contribution in [3.8, 4) is 0 Å². The fourth-order valence-corrected chi connectivity index (χ4v) is 5.10. The third-order valence-electron chi connectivity index (χ3n) is 5.56. The SMILES string of the molecule is CCCc1ccc(C(=O)N2CCC(c3nc4ccccc4cc3C(N)=O)CC2)s1. The molecule has 29 heavy (non-hydrogen) atoms. The number of nitrogens with two attached hydrogens (primary N) is 1. The number of para-hydroxylation sites is 1. The Morgan fingerprint density at radius 3 is 2.66 bits per heavy atom. The van der Waals surface area contributed by atoms with E-state index >= 15 is 0 Å². The molecule has 0 radical (unpaired) electrons. The molecule has 0 saturated carbocycles. The standard InChI is InChI=1S/C23H25N3O2S/c1-2-5-17-8-9-20(29-17)23(28)26-12-10-15(11-13-26)21-18(22(24)27)14-16-6-3-4-7-19(16)25-21/h3-4,6-9,14-15H,2,5,10-13H2,1H3,(H2,24,27). The van der Waals surface area contributed by atoms with E-state index in [4.69, 9.17) is 10.7 Å². The number of primary amides is 1. The van der Waals surface area contributed by atoms with Gasteiger partial charge < -0.3 is 10.6 Å². The second-order valence-corrected chi connectivity index (χ2v) is 8.73. The van der Waals surface area contributed by atoms with Crippen molar-refractivity contribution in [1.29, 1.82) is 0 Å². The van der Waals surface area contributed by atoms with Gasteiger partial charge in [0.25, 0.3) is 11.8 Å². The summed E-state index contributed by atoms with van der Waals surface area (Å²) in [5.41, 5.74) is 7.78. The van der Waals surface area contributed by atoms with E-state index in [1.54, 1.807) is 11.3 Å². The highest BCUT2D eigenvalue weighted by Crippen LogP contribution is 2.32. The summed E-state index contributed by atoms with van der Waals surface area (Å²) in [5.74, 6) is -0.207. The van der Waals surface area contributed by atoms with Gasteiger partial charge >= 0.3 is 0 Å². The zero-order valence-corrected chi connectivity index (χ0v) is 17.4. The minimum Gasteiger partial charge on any atom is -0.366 e. The number of aryl methyl sites for hydroxylation is 1. The van der Waals surface area contributed by atoms with E-state index in [0.29, 0.717) is 18.7 Å². The molecule has 2 amide bonds. The number of carbonyl (C=O) groups is 2. The molecule has 5 nitrogen and oxygen atoms in total. The molecule has 150 valence electrons. The highest BCUT2D eigenvalue weighted by molar-refractivity contribution is 7.14. The summed E-state index contributed by atoms with van der Waals surface area (Å²) in [5, 5.41) is 0.915. The summed E-state index contributed by atoms with van der Waals surface area (Å²) in [4.78, 5) is 33.7. The number of hydrogen-bond acceptors (Lipinski definition) is 4. The van der Waals surface area contributed by atoms with Crippen LogP contribution in [0.3, 0.4) is 0 Å². The molecule has 6 heteroatoms. The number of thiophene rings is 1. The quantitative estimate of drug-likeness (QED) is 0.682. The van der Waals surface area contributed by atoms with Gasteiger partial charge in [-0.3, -0.25) is 14.6 Å². The molecule has 1 saturated heterocycles. The van der Waals surface area contributed by atoms with Gasteiger partial charge in [-0.15, -0.1) is 11.3 Å². The summed E-state index contributed by atoms with van der Waals surface area (Å²) < 4.78 is 0. The Balaban J connectivity index is 1.51. The largest absolute Gasteiger partial charge is 0.366 e. The number of carbonyl (C=O) groups excluding carboxylic acids is 2. The van der Waals surface area contributed by atoms with Crippen LogP contribution >= 0.6 is 11.3 Å². The first-order valence-electron chi connectivity index (χ1n) is 10.1. The van der Waals surface area contributed by atoms with Gasteiger partial charge in [0.15, 0.2) is 0 Å². The maximum Gasteiger partial charge on any atom is 0.263 e. The van der Waals surface area contributed by atoms with Crippen molar-refractivity contribution in [2.75, 3.05) is 13.1 Å². The third-order valence-corrected chi connectivity index (χ3v) is 6.69. The van der Waals surface area contributed by atoms with Gasteiger partial charge in [0.2, 0.25) is 0 Å². The number of pyridine rings is 1. The molecule has 0 spiro atoms. The Morgan fingerprint density at radius 2 is 1.93 bits per heavy atom. The van der Waals surface area contributed by atoms with Crippen molar-refractivity contribution in [3.63, 3.8) is 0 Å². The molecule has 2 aromatic heterocycles. The lowest BCUT2D eigenvalue weighted by Gasteiger charge is -2.32. The topological polar surface area (TPSA) is 76.3 Å². The third kappa shape index (κ3) is 4.03. The van der Waals surface area contributed by atoms with Gasteiger partial charge in [-0.05, 0) is 43.5 Å². The second-order valence-electron chi connectivity index (χ2n) is 7.56. The van der Waals surface area contributed by atoms with Crippen molar-refractivity contribution < 1.29 is 9.59 Å². The zero-order valence-electron chi connectivity index (χ0n) is 16.6. The first-order valence-corrected chi connectivity index (χ1v) is 11.0. The van der Waals surface area contributed by atoms with Gasteiger partial charge in [-0.25, -0.2) is 0 Å². The van der Waals surface area contributed by atoms with E-state index in [1.165, 1.54) is 4.88 Å². The number of aromatic nitrogens is 1. The molecular weight excluding hydrogens is 382 g/mol. The molecule has 1 aromatic carbocycles. The van der Waals surface area contributed by atoms with E-state index in [9.17, 15) is 9.59 Å². The Bertz CT molecular complexity index is 1050. The van der Waals surface area contributed by atoms with Gasteiger partial charge in [0.05, 0.1) is 21.7 Å². The molecule has 0 atom stereocenters. The number of fused-ring (bicyclic) bond motifs is 1. The highest BCUT2D eigenvalue weighted by Gasteiger charge is 2.28. The van der Waals surface area contributed by atoms with Crippen LogP contribution in [0.25, 0.3) is 10.9 Å². The Kier molecular flexibility index (Phi) is 5.62. The molecule has 4 rings (SSSR count). The molecule has 3 aromatic rings. The monoisotopic (exact) mass is 407 g/mol. The van der Waals surface area contributed by atoms with Crippen molar-refractivity contribution in [2.24, 2.45) is 5.73 Å². The van der Waals surface area contributed by atoms with E-state index in [-0.39, 0.29) is 11.8 Å². The predicted octanol–water partition coefficient (Wildman–Crippen LogP) is 4.37. The van der Waals surface area contributed by atoms with Gasteiger partial charge in [0.1, 0.15) is 0 Å². The Labute approximate surface area is 174 Å². The van der Waals surface area contributed by atoms with E-state index in [2.05, 4.69) is 13.0 Å². The van der Waals surface area contributed by atoms with Crippen molar-refractivity contribution >= 4 is 34.1 Å². The molecule has 2 N–H and O–H groups in total. The molecular formula is C23H25N3O2S. The first-order chi connectivity index (χ1) is 14.1. The van der Waals surface area contributed by atoms with E-state index < -0.39 is 5.91 Å². The van der Waals surface area contributed by atoms with Gasteiger partial charge in [-0.1, -0.05) is 31.5 Å². The number of piperidine rings is 1. The van der Waals surface area contributed by atoms with E-state index in [1.807, 2.05) is 41.3 Å². The fourth-order valence-electron chi connectivity index (χ4n) is 4.02. The Hall–Kier alpha value is -2.73. The zero-order chi connectivity index (χ0) is 20.4. The maximum absolute atomic E-state index is 12.9. The number of nitrogens with zero attached hydrogens (tertiary/aromatic N) is 2. The minimum absolute atomic E-state index is 0.109. The van der Waals surface area contributed by atoms with E-state index in [0.717, 1.165) is 47.2 Å². The van der Waals surface area contributed by atoms with Crippen LogP contribution in [0.1, 0.15) is 62.7 Å². The van der Waals surface area contributed by atoms with Crippen molar-refractivity contribution in [2.45, 2.75) is 38.5 Å². The van der Waals surface area contributed by atoms with Crippen LogP contribution in [0.4, 0.5) is 0 Å². The smallest absolute Gasteiger partial charge is 0.263 e. The first kappa shape index (κ1) is 19.6. The normalized spacial score (nSPS) is 15.0. The summed E-state index contributed by atoms with van der Waals surface area (Å²) in [6.45, 7) is 3.47. The van der Waals surface area contributed by atoms with Crippen molar-refractivity contribution in [1.82, 2.24) is 9.88 Å². The average Bonchev–Trinajstić information content (AvgIpc) is 3.21. The van der Waals surface area contributed by atoms with Crippen LogP contribution in [0.5, 0.6) is 0 Å². The van der Waals surface area contributed by atoms with Gasteiger partial charge in [-0.2, -0.15) is 0 Å². The molecule has 1 aliphatic heterocycles. The predicted molar refractivity (Wildman–Crippen MR) is 116 cm³/mol. The minimum atomic E-state index is -0.446. The van der Waals surface area contributed by atoms with Crippen LogP contribution in [0.2, 0.25) is 0 Å². The second kappa shape index (κ2) is 8.33.